The summed E-state index contributed by atoms with van der Waals surface area (Å²) < 4.78 is 0. The smallest absolute Gasteiger partial charge is 0.272 e. The third-order valence-corrected chi connectivity index (χ3v) is 5.17. The van der Waals surface area contributed by atoms with E-state index in [9.17, 15) is 4.79 Å². The van der Waals surface area contributed by atoms with Gasteiger partial charge in [-0.2, -0.15) is 0 Å². The summed E-state index contributed by atoms with van der Waals surface area (Å²) in [5.41, 5.74) is 4.27. The summed E-state index contributed by atoms with van der Waals surface area (Å²) in [5.74, 6) is 5.36. The average molecular weight is 288 g/mol. The number of piperidine rings is 1. The fraction of sp³-hybridized carbons (Fsp3) is 0.625. The Balaban J connectivity index is 1.61. The van der Waals surface area contributed by atoms with Gasteiger partial charge in [0, 0.05) is 13.1 Å². The van der Waals surface area contributed by atoms with E-state index in [2.05, 4.69) is 10.4 Å². The highest BCUT2D eigenvalue weighted by molar-refractivity contribution is 5.92. The molecule has 0 radical (unpaired) electrons. The molecule has 2 aliphatic rings. The van der Waals surface area contributed by atoms with Crippen LogP contribution >= 0.6 is 0 Å². The lowest BCUT2D eigenvalue weighted by Crippen LogP contribution is -2.44. The molecule has 3 N–H and O–H groups in total. The Morgan fingerprint density at radius 2 is 1.86 bits per heavy atom. The van der Waals surface area contributed by atoms with Gasteiger partial charge < -0.3 is 10.3 Å². The van der Waals surface area contributed by atoms with E-state index in [4.69, 9.17) is 5.84 Å². The first-order valence-electron chi connectivity index (χ1n) is 7.94. The minimum absolute atomic E-state index is 0.0456. The maximum Gasteiger partial charge on any atom is 0.272 e. The summed E-state index contributed by atoms with van der Waals surface area (Å²) in [6.07, 6.45) is 10.7. The van der Waals surface area contributed by atoms with Crippen LogP contribution in [-0.2, 0) is 0 Å². The number of nitrogens with two attached hydrogens (primary N) is 1. The molecule has 0 atom stereocenters. The number of pyridine rings is 1. The van der Waals surface area contributed by atoms with E-state index in [-0.39, 0.29) is 5.91 Å². The van der Waals surface area contributed by atoms with E-state index in [1.54, 1.807) is 18.3 Å². The van der Waals surface area contributed by atoms with Crippen LogP contribution in [0.25, 0.3) is 0 Å². The van der Waals surface area contributed by atoms with Crippen molar-refractivity contribution >= 4 is 11.6 Å². The number of likely N-dealkylation sites (tertiary alicyclic amines) is 1. The minimum Gasteiger partial charge on any atom is -0.337 e. The second-order valence-corrected chi connectivity index (χ2v) is 6.43. The zero-order valence-corrected chi connectivity index (χ0v) is 12.5. The summed E-state index contributed by atoms with van der Waals surface area (Å²) in [4.78, 5) is 18.6. The molecule has 1 aromatic heterocycles. The summed E-state index contributed by atoms with van der Waals surface area (Å²) in [6.45, 7) is 1.74. The van der Waals surface area contributed by atoms with Crippen LogP contribution in [0.4, 0.5) is 5.69 Å². The van der Waals surface area contributed by atoms with Gasteiger partial charge in [-0.25, -0.2) is 4.98 Å². The van der Waals surface area contributed by atoms with Crippen LogP contribution in [0.1, 0.15) is 55.4 Å². The number of nitrogens with zero attached hydrogens (tertiary/aromatic N) is 2. The first-order chi connectivity index (χ1) is 10.2. The molecule has 1 saturated heterocycles. The van der Waals surface area contributed by atoms with Crippen molar-refractivity contribution < 1.29 is 4.79 Å². The molecule has 1 aliphatic heterocycles. The van der Waals surface area contributed by atoms with Gasteiger partial charge in [-0.15, -0.1) is 0 Å². The largest absolute Gasteiger partial charge is 0.337 e. The van der Waals surface area contributed by atoms with Gasteiger partial charge in [-0.05, 0) is 43.2 Å². The van der Waals surface area contributed by atoms with Crippen molar-refractivity contribution in [2.24, 2.45) is 11.3 Å². The van der Waals surface area contributed by atoms with E-state index >= 15 is 0 Å². The van der Waals surface area contributed by atoms with Crippen molar-refractivity contribution in [3.8, 4) is 0 Å². The number of anilines is 1. The Hall–Kier alpha value is -1.62. The standard InChI is InChI=1S/C16H24N4O/c17-19-13-4-5-14(18-12-13)15(21)20-10-8-16(9-11-20)6-2-1-3-7-16/h4-5,12,19H,1-3,6-11,17H2. The van der Waals surface area contributed by atoms with Crippen molar-refractivity contribution in [2.45, 2.75) is 44.9 Å². The van der Waals surface area contributed by atoms with Crippen molar-refractivity contribution in [3.63, 3.8) is 0 Å². The molecule has 1 aliphatic carbocycles. The monoisotopic (exact) mass is 288 g/mol. The average Bonchev–Trinajstić information content (AvgIpc) is 2.56. The first-order valence-corrected chi connectivity index (χ1v) is 7.94. The topological polar surface area (TPSA) is 71.2 Å². The maximum absolute atomic E-state index is 12.5. The number of carbonyl (C=O) groups is 1. The molecule has 1 amide bonds. The molecule has 0 unspecified atom stereocenters. The van der Waals surface area contributed by atoms with Crippen LogP contribution < -0.4 is 11.3 Å². The van der Waals surface area contributed by atoms with Crippen molar-refractivity contribution in [1.29, 1.82) is 0 Å². The lowest BCUT2D eigenvalue weighted by atomic mass is 9.68. The molecular formula is C16H24N4O. The zero-order chi connectivity index (χ0) is 14.7. The fourth-order valence-corrected chi connectivity index (χ4v) is 3.75. The molecule has 3 rings (SSSR count). The van der Waals surface area contributed by atoms with E-state index in [0.29, 0.717) is 16.8 Å². The number of nitrogens with one attached hydrogen (secondary N) is 1. The molecule has 1 aromatic rings. The van der Waals surface area contributed by atoms with Crippen molar-refractivity contribution in [3.05, 3.63) is 24.0 Å². The number of nitrogen functional groups attached to an aromatic ring is 1. The minimum atomic E-state index is 0.0456. The highest BCUT2D eigenvalue weighted by atomic mass is 16.2. The second kappa shape index (κ2) is 6.02. The number of hydrogen-bond donors (Lipinski definition) is 2. The molecule has 2 fully saturated rings. The molecule has 1 spiro atoms. The van der Waals surface area contributed by atoms with Gasteiger partial charge in [0.25, 0.3) is 5.91 Å². The number of carbonyl (C=O) groups excluding carboxylic acids is 1. The van der Waals surface area contributed by atoms with Gasteiger partial charge in [0.2, 0.25) is 0 Å². The molecule has 114 valence electrons. The number of aromatic nitrogens is 1. The summed E-state index contributed by atoms with van der Waals surface area (Å²) in [7, 11) is 0. The highest BCUT2D eigenvalue weighted by Crippen LogP contribution is 2.44. The lowest BCUT2D eigenvalue weighted by molar-refractivity contribution is 0.0467. The molecule has 5 nitrogen and oxygen atoms in total. The Labute approximate surface area is 125 Å². The number of hydrogen-bond acceptors (Lipinski definition) is 4. The van der Waals surface area contributed by atoms with Crippen LogP contribution in [0.5, 0.6) is 0 Å². The molecule has 2 heterocycles. The Kier molecular flexibility index (Phi) is 4.10. The van der Waals surface area contributed by atoms with Crippen LogP contribution in [0, 0.1) is 5.41 Å². The Bertz CT molecular complexity index is 484. The SMILES string of the molecule is NNc1ccc(C(=O)N2CCC3(CCCCC3)CC2)nc1. The quantitative estimate of drug-likeness (QED) is 0.648. The molecule has 5 heteroatoms. The van der Waals surface area contributed by atoms with Crippen molar-refractivity contribution in [1.82, 2.24) is 9.88 Å². The number of amides is 1. The van der Waals surface area contributed by atoms with Crippen molar-refractivity contribution in [2.75, 3.05) is 18.5 Å². The molecule has 0 bridgehead atoms. The zero-order valence-electron chi connectivity index (χ0n) is 12.5. The fourth-order valence-electron chi connectivity index (χ4n) is 3.75. The predicted molar refractivity (Wildman–Crippen MR) is 82.7 cm³/mol. The van der Waals surface area contributed by atoms with Gasteiger partial charge >= 0.3 is 0 Å². The van der Waals surface area contributed by atoms with Gasteiger partial charge in [-0.3, -0.25) is 10.6 Å². The summed E-state index contributed by atoms with van der Waals surface area (Å²) >= 11 is 0. The molecule has 0 aromatic carbocycles. The van der Waals surface area contributed by atoms with E-state index in [0.717, 1.165) is 25.9 Å². The Morgan fingerprint density at radius 3 is 2.43 bits per heavy atom. The normalized spacial score (nSPS) is 21.3. The van der Waals surface area contributed by atoms with Gasteiger partial charge in [0.05, 0.1) is 11.9 Å². The molecular weight excluding hydrogens is 264 g/mol. The van der Waals surface area contributed by atoms with E-state index < -0.39 is 0 Å². The van der Waals surface area contributed by atoms with Crippen LogP contribution in [0.2, 0.25) is 0 Å². The van der Waals surface area contributed by atoms with Gasteiger partial charge in [-0.1, -0.05) is 19.3 Å². The highest BCUT2D eigenvalue weighted by Gasteiger charge is 2.36. The predicted octanol–water partition coefficient (Wildman–Crippen LogP) is 2.55. The van der Waals surface area contributed by atoms with Gasteiger partial charge in [0.1, 0.15) is 5.69 Å². The third kappa shape index (κ3) is 3.02. The van der Waals surface area contributed by atoms with Crippen LogP contribution in [-0.4, -0.2) is 28.9 Å². The molecule has 21 heavy (non-hydrogen) atoms. The van der Waals surface area contributed by atoms with Crippen LogP contribution in [0.3, 0.4) is 0 Å². The Morgan fingerprint density at radius 1 is 1.14 bits per heavy atom. The number of hydrazine groups is 1. The summed E-state index contributed by atoms with van der Waals surface area (Å²) in [5, 5.41) is 0. The van der Waals surface area contributed by atoms with Crippen LogP contribution in [0.15, 0.2) is 18.3 Å². The maximum atomic E-state index is 12.5. The van der Waals surface area contributed by atoms with Gasteiger partial charge in [0.15, 0.2) is 0 Å². The lowest BCUT2D eigenvalue weighted by Gasteiger charge is -2.44. The van der Waals surface area contributed by atoms with E-state index in [1.165, 1.54) is 32.1 Å². The third-order valence-electron chi connectivity index (χ3n) is 5.17. The summed E-state index contributed by atoms with van der Waals surface area (Å²) in [6, 6.07) is 3.52. The molecule has 1 saturated carbocycles. The second-order valence-electron chi connectivity index (χ2n) is 6.43. The van der Waals surface area contributed by atoms with E-state index in [1.807, 2.05) is 4.90 Å². The number of rotatable bonds is 2. The first kappa shape index (κ1) is 14.3.